The number of carbonyl (C=O) groups is 6. The van der Waals surface area contributed by atoms with Crippen LogP contribution < -0.4 is 0 Å². The zero-order chi connectivity index (χ0) is 44.1. The first-order valence-corrected chi connectivity index (χ1v) is 33.0. The van der Waals surface area contributed by atoms with Crippen LogP contribution in [-0.4, -0.2) is 116 Å². The third-order valence-corrected chi connectivity index (χ3v) is 24.1. The molecule has 2 aliphatic rings. The Hall–Kier alpha value is -2.48. The van der Waals surface area contributed by atoms with Gasteiger partial charge in [-0.15, -0.1) is 0 Å². The fourth-order valence-corrected chi connectivity index (χ4v) is 19.7. The molecule has 0 aromatic heterocycles. The van der Waals surface area contributed by atoms with E-state index in [-0.39, 0.29) is 44.9 Å². The zero-order valence-corrected chi connectivity index (χ0v) is 42.4. The molecule has 0 aromatic rings. The van der Waals surface area contributed by atoms with Crippen molar-refractivity contribution in [3.63, 3.8) is 0 Å². The van der Waals surface area contributed by atoms with Gasteiger partial charge in [-0.1, -0.05) is 0 Å². The summed E-state index contributed by atoms with van der Waals surface area (Å²) in [7, 11) is 4.70. The summed E-state index contributed by atoms with van der Waals surface area (Å²) in [6.07, 6.45) is 17.5. The molecule has 0 N–H and O–H groups in total. The second-order valence-electron chi connectivity index (χ2n) is 15.2. The van der Waals surface area contributed by atoms with Gasteiger partial charge in [0, 0.05) is 0 Å². The number of carbonyl (C=O) groups excluding carboxylic acids is 6. The Kier molecular flexibility index (Phi) is 28.1. The van der Waals surface area contributed by atoms with Crippen molar-refractivity contribution in [2.75, 3.05) is 41.2 Å². The summed E-state index contributed by atoms with van der Waals surface area (Å²) in [5.41, 5.74) is 0.106. The second kappa shape index (κ2) is 31.4. The van der Waals surface area contributed by atoms with Crippen molar-refractivity contribution in [1.82, 2.24) is 0 Å². The van der Waals surface area contributed by atoms with E-state index in [1.165, 1.54) is 0 Å². The fraction of sp³-hybridized carbons (Fsp3) is 0.721. The molecule has 0 radical (unpaired) electrons. The number of hydrogen-bond acceptors (Lipinski definition) is 15. The third kappa shape index (κ3) is 21.5. The number of methoxy groups -OCH3 is 3. The molecule has 0 saturated carbocycles. The molecule has 60 heavy (non-hydrogen) atoms. The van der Waals surface area contributed by atoms with Crippen LogP contribution in [0.1, 0.15) is 149 Å². The molecule has 0 aromatic carbocycles. The van der Waals surface area contributed by atoms with Crippen LogP contribution in [0.3, 0.4) is 0 Å². The van der Waals surface area contributed by atoms with E-state index < -0.39 is 75.1 Å². The van der Waals surface area contributed by atoms with Crippen molar-refractivity contribution >= 4 is 75.1 Å². The van der Waals surface area contributed by atoms with Crippen LogP contribution in [0, 0.1) is 0 Å². The number of hydrogen-bond donors (Lipinski definition) is 0. The van der Waals surface area contributed by atoms with Gasteiger partial charge in [0.15, 0.2) is 0 Å². The summed E-state index contributed by atoms with van der Waals surface area (Å²) in [6.45, 7) is 5.57. The van der Waals surface area contributed by atoms with E-state index >= 15 is 0 Å². The van der Waals surface area contributed by atoms with E-state index in [1.54, 1.807) is 21.3 Å². The molecule has 2 heterocycles. The Balaban J connectivity index is 2.44. The fourth-order valence-electron chi connectivity index (χ4n) is 6.66. The van der Waals surface area contributed by atoms with Crippen LogP contribution in [0.5, 0.6) is 0 Å². The standard InChI is InChI=1S/3C9H14O5.2C8H17.2Sn/c3*1-14-5-3-2-4-7(9(12)13)6-8(10)11;2*1-3-5-7-8-6-4-2;;/h3*6H,2-5H2,1H3,(H,10,11)(H,12,13);2*1,3-8H2,2H3;;/q;;;;;2*+3/p-6/b7-6-;;;;;;. The molecule has 0 amide bonds. The first-order chi connectivity index (χ1) is 29.0. The first kappa shape index (κ1) is 53.7. The van der Waals surface area contributed by atoms with Crippen LogP contribution in [-0.2, 0) is 61.4 Å². The summed E-state index contributed by atoms with van der Waals surface area (Å²) in [4.78, 5) is 81.4. The molecule has 15 nitrogen and oxygen atoms in total. The molecule has 2 unspecified atom stereocenters. The van der Waals surface area contributed by atoms with Gasteiger partial charge < -0.3 is 0 Å². The summed E-state index contributed by atoms with van der Waals surface area (Å²) < 4.78 is 51.0. The number of ether oxygens (including phenoxy) is 3. The van der Waals surface area contributed by atoms with Gasteiger partial charge in [0.2, 0.25) is 0 Å². The van der Waals surface area contributed by atoms with Gasteiger partial charge in [-0.25, -0.2) is 0 Å². The van der Waals surface area contributed by atoms with E-state index in [2.05, 4.69) is 13.8 Å². The van der Waals surface area contributed by atoms with Crippen molar-refractivity contribution in [2.24, 2.45) is 0 Å². The number of rotatable bonds is 33. The molecule has 0 bridgehead atoms. The van der Waals surface area contributed by atoms with Gasteiger partial charge in [-0.3, -0.25) is 0 Å². The average Bonchev–Trinajstić information content (AvgIpc) is 3.40. The van der Waals surface area contributed by atoms with Crippen molar-refractivity contribution in [2.45, 2.75) is 158 Å². The molecule has 0 aliphatic carbocycles. The van der Waals surface area contributed by atoms with Crippen LogP contribution in [0.4, 0.5) is 0 Å². The minimum absolute atomic E-state index is 0.0217. The Morgan fingerprint density at radius 3 is 1.40 bits per heavy atom. The van der Waals surface area contributed by atoms with Gasteiger partial charge in [-0.2, -0.15) is 0 Å². The Labute approximate surface area is 368 Å². The van der Waals surface area contributed by atoms with Gasteiger partial charge >= 0.3 is 370 Å². The molecule has 2 aliphatic heterocycles. The van der Waals surface area contributed by atoms with Crippen molar-refractivity contribution in [3.8, 4) is 0 Å². The SMILES string of the molecule is CCCCCCC[CH2][Sn]1([O]C(=O)/C=C(/CCCCOC)C(=O)[O][Sn]2([CH2]CCCCCCC)[O]C(=O)C=C(CCCCOC)C(=O)[O]2)[O]C(=O)C=C(CCCCOC)C(=O)[O]1. The predicted octanol–water partition coefficient (Wildman–Crippen LogP) is 8.10. The minimum atomic E-state index is -5.38. The predicted molar refractivity (Wildman–Crippen MR) is 226 cm³/mol. The average molecular weight is 1060 g/mol. The monoisotopic (exact) mass is 1070 g/mol. The first-order valence-electron chi connectivity index (χ1n) is 21.9. The molecule has 0 fully saturated rings. The van der Waals surface area contributed by atoms with Crippen molar-refractivity contribution < 1.29 is 61.4 Å². The molecule has 2 rings (SSSR count). The van der Waals surface area contributed by atoms with Crippen LogP contribution in [0.2, 0.25) is 8.87 Å². The summed E-state index contributed by atoms with van der Waals surface area (Å²) in [5.74, 6) is -5.23. The van der Waals surface area contributed by atoms with Crippen molar-refractivity contribution in [3.05, 3.63) is 34.9 Å². The topological polar surface area (TPSA) is 185 Å². The van der Waals surface area contributed by atoms with E-state index in [4.69, 9.17) is 32.7 Å². The van der Waals surface area contributed by atoms with E-state index in [1.807, 2.05) is 0 Å². The van der Waals surface area contributed by atoms with Gasteiger partial charge in [0.1, 0.15) is 0 Å². The zero-order valence-electron chi connectivity index (χ0n) is 36.7. The molecule has 0 spiro atoms. The molecule has 0 saturated heterocycles. The van der Waals surface area contributed by atoms with Crippen LogP contribution in [0.15, 0.2) is 34.9 Å². The molecule has 340 valence electrons. The molecular weight excluding hydrogens is 994 g/mol. The second-order valence-corrected chi connectivity index (χ2v) is 29.3. The maximum absolute atomic E-state index is 14.2. The van der Waals surface area contributed by atoms with Crippen LogP contribution >= 0.6 is 0 Å². The number of unbranched alkanes of at least 4 members (excludes halogenated alkanes) is 13. The molecule has 17 heteroatoms. The Morgan fingerprint density at radius 2 is 0.950 bits per heavy atom. The maximum atomic E-state index is 14.2. The quantitative estimate of drug-likeness (QED) is 0.0349. The Bertz CT molecular complexity index is 1460. The van der Waals surface area contributed by atoms with Crippen molar-refractivity contribution in [1.29, 1.82) is 0 Å². The summed E-state index contributed by atoms with van der Waals surface area (Å²) in [6, 6.07) is 0. The third-order valence-electron chi connectivity index (χ3n) is 9.98. The van der Waals surface area contributed by atoms with Gasteiger partial charge in [0.25, 0.3) is 0 Å². The molecule has 2 atom stereocenters. The van der Waals surface area contributed by atoms with Gasteiger partial charge in [0.05, 0.1) is 0 Å². The summed E-state index contributed by atoms with van der Waals surface area (Å²) >= 11 is -10.7. The summed E-state index contributed by atoms with van der Waals surface area (Å²) in [5, 5.41) is 0. The Morgan fingerprint density at radius 1 is 0.533 bits per heavy atom. The van der Waals surface area contributed by atoms with E-state index in [0.717, 1.165) is 82.4 Å². The van der Waals surface area contributed by atoms with Gasteiger partial charge in [-0.05, 0) is 0 Å². The normalized spacial score (nSPS) is 19.6. The van der Waals surface area contributed by atoms with E-state index in [0.29, 0.717) is 71.2 Å². The van der Waals surface area contributed by atoms with E-state index in [9.17, 15) is 28.8 Å². The van der Waals surface area contributed by atoms with Crippen LogP contribution in [0.25, 0.3) is 0 Å². The molecular formula is C43H70O15Sn2.